The molecule has 2 amide bonds. The highest BCUT2D eigenvalue weighted by molar-refractivity contribution is 6.30. The summed E-state index contributed by atoms with van der Waals surface area (Å²) in [7, 11) is 0. The van der Waals surface area contributed by atoms with Crippen LogP contribution in [-0.2, 0) is 11.3 Å². The van der Waals surface area contributed by atoms with E-state index in [1.807, 2.05) is 32.9 Å². The van der Waals surface area contributed by atoms with Gasteiger partial charge in [0.2, 0.25) is 0 Å². The predicted molar refractivity (Wildman–Crippen MR) is 94.9 cm³/mol. The van der Waals surface area contributed by atoms with Crippen LogP contribution in [0, 0.1) is 6.92 Å². The SMILES string of the molecule is Cc1ccc(CNC(=O)N2CCOC(C)(C)C2)c(-n2cc(Cl)cn2)n1. The van der Waals surface area contributed by atoms with Crippen LogP contribution in [0.5, 0.6) is 0 Å². The summed E-state index contributed by atoms with van der Waals surface area (Å²) in [5.41, 5.74) is 1.41. The van der Waals surface area contributed by atoms with E-state index < -0.39 is 0 Å². The Bertz CT molecular complexity index is 774. The van der Waals surface area contributed by atoms with Gasteiger partial charge in [0.15, 0.2) is 5.82 Å². The topological polar surface area (TPSA) is 72.3 Å². The van der Waals surface area contributed by atoms with Gasteiger partial charge >= 0.3 is 6.03 Å². The summed E-state index contributed by atoms with van der Waals surface area (Å²) in [5.74, 6) is 0.662. The number of carbonyl (C=O) groups is 1. The van der Waals surface area contributed by atoms with E-state index in [0.717, 1.165) is 11.3 Å². The Balaban J connectivity index is 1.72. The molecule has 25 heavy (non-hydrogen) atoms. The molecule has 134 valence electrons. The molecule has 3 heterocycles. The number of ether oxygens (including phenoxy) is 1. The molecule has 2 aromatic rings. The van der Waals surface area contributed by atoms with Crippen molar-refractivity contribution in [2.24, 2.45) is 0 Å². The average Bonchev–Trinajstić information content (AvgIpc) is 2.98. The van der Waals surface area contributed by atoms with E-state index in [9.17, 15) is 4.79 Å². The molecule has 1 N–H and O–H groups in total. The number of aromatic nitrogens is 3. The van der Waals surface area contributed by atoms with Crippen molar-refractivity contribution in [3.05, 3.63) is 40.8 Å². The summed E-state index contributed by atoms with van der Waals surface area (Å²) in [6, 6.07) is 3.74. The summed E-state index contributed by atoms with van der Waals surface area (Å²) < 4.78 is 7.26. The first-order valence-electron chi connectivity index (χ1n) is 8.18. The first kappa shape index (κ1) is 17.7. The zero-order chi connectivity index (χ0) is 18.0. The van der Waals surface area contributed by atoms with Crippen LogP contribution in [0.25, 0.3) is 5.82 Å². The average molecular weight is 364 g/mol. The van der Waals surface area contributed by atoms with E-state index in [1.54, 1.807) is 22.0 Å². The largest absolute Gasteiger partial charge is 0.372 e. The molecule has 1 aliphatic heterocycles. The van der Waals surface area contributed by atoms with Crippen LogP contribution in [0.15, 0.2) is 24.5 Å². The van der Waals surface area contributed by atoms with Crippen LogP contribution in [0.4, 0.5) is 4.79 Å². The Kier molecular flexibility index (Phi) is 4.96. The highest BCUT2D eigenvalue weighted by Crippen LogP contribution is 2.18. The van der Waals surface area contributed by atoms with Gasteiger partial charge in [0.05, 0.1) is 36.2 Å². The molecule has 2 aromatic heterocycles. The molecule has 0 atom stereocenters. The van der Waals surface area contributed by atoms with Crippen molar-refractivity contribution in [2.75, 3.05) is 19.7 Å². The minimum Gasteiger partial charge on any atom is -0.372 e. The third kappa shape index (κ3) is 4.29. The van der Waals surface area contributed by atoms with Crippen molar-refractivity contribution in [1.29, 1.82) is 0 Å². The summed E-state index contributed by atoms with van der Waals surface area (Å²) in [6.07, 6.45) is 3.25. The summed E-state index contributed by atoms with van der Waals surface area (Å²) in [5, 5.41) is 7.70. The summed E-state index contributed by atoms with van der Waals surface area (Å²) >= 11 is 5.96. The molecule has 0 saturated carbocycles. The number of nitrogens with one attached hydrogen (secondary N) is 1. The number of pyridine rings is 1. The Morgan fingerprint density at radius 3 is 2.92 bits per heavy atom. The number of amides is 2. The molecule has 0 aromatic carbocycles. The smallest absolute Gasteiger partial charge is 0.317 e. The summed E-state index contributed by atoms with van der Waals surface area (Å²) in [4.78, 5) is 18.8. The lowest BCUT2D eigenvalue weighted by atomic mass is 10.1. The van der Waals surface area contributed by atoms with Gasteiger partial charge in [-0.25, -0.2) is 14.5 Å². The fourth-order valence-electron chi connectivity index (χ4n) is 2.80. The number of hydrogen-bond donors (Lipinski definition) is 1. The van der Waals surface area contributed by atoms with Gasteiger partial charge < -0.3 is 15.0 Å². The third-order valence-electron chi connectivity index (χ3n) is 4.01. The maximum atomic E-state index is 12.5. The zero-order valence-corrected chi connectivity index (χ0v) is 15.4. The third-order valence-corrected chi connectivity index (χ3v) is 4.20. The van der Waals surface area contributed by atoms with Gasteiger partial charge in [0.1, 0.15) is 0 Å². The molecular weight excluding hydrogens is 342 g/mol. The number of urea groups is 1. The molecule has 0 spiro atoms. The second-order valence-corrected chi connectivity index (χ2v) is 7.16. The van der Waals surface area contributed by atoms with Crippen LogP contribution in [0.3, 0.4) is 0 Å². The number of morpholine rings is 1. The Morgan fingerprint density at radius 1 is 1.44 bits per heavy atom. The highest BCUT2D eigenvalue weighted by Gasteiger charge is 2.29. The molecule has 8 heteroatoms. The fraction of sp³-hybridized carbons (Fsp3) is 0.471. The van der Waals surface area contributed by atoms with E-state index in [4.69, 9.17) is 16.3 Å². The van der Waals surface area contributed by atoms with Gasteiger partial charge in [-0.1, -0.05) is 17.7 Å². The molecular formula is C17H22ClN5O2. The standard InChI is InChI=1S/C17H22ClN5O2/c1-12-4-5-13(15(21-12)23-10-14(18)9-20-23)8-19-16(24)22-6-7-25-17(2,3)11-22/h4-5,9-10H,6-8,11H2,1-3H3,(H,19,24). The van der Waals surface area contributed by atoms with E-state index in [-0.39, 0.29) is 11.6 Å². The number of nitrogens with zero attached hydrogens (tertiary/aromatic N) is 4. The predicted octanol–water partition coefficient (Wildman–Crippen LogP) is 2.55. The lowest BCUT2D eigenvalue weighted by Crippen LogP contribution is -2.53. The van der Waals surface area contributed by atoms with E-state index in [0.29, 0.717) is 37.1 Å². The summed E-state index contributed by atoms with van der Waals surface area (Å²) in [6.45, 7) is 7.93. The van der Waals surface area contributed by atoms with Gasteiger partial charge in [-0.15, -0.1) is 0 Å². The van der Waals surface area contributed by atoms with Crippen molar-refractivity contribution in [2.45, 2.75) is 32.9 Å². The molecule has 1 aliphatic rings. The van der Waals surface area contributed by atoms with Crippen LogP contribution in [0.1, 0.15) is 25.1 Å². The van der Waals surface area contributed by atoms with Crippen molar-refractivity contribution < 1.29 is 9.53 Å². The Morgan fingerprint density at radius 2 is 2.24 bits per heavy atom. The molecule has 3 rings (SSSR count). The Hall–Kier alpha value is -2.12. The first-order chi connectivity index (χ1) is 11.8. The highest BCUT2D eigenvalue weighted by atomic mass is 35.5. The van der Waals surface area contributed by atoms with Gasteiger partial charge in [-0.3, -0.25) is 0 Å². The first-order valence-corrected chi connectivity index (χ1v) is 8.56. The molecule has 0 radical (unpaired) electrons. The maximum absolute atomic E-state index is 12.5. The minimum absolute atomic E-state index is 0.110. The van der Waals surface area contributed by atoms with Crippen molar-refractivity contribution in [3.8, 4) is 5.82 Å². The second-order valence-electron chi connectivity index (χ2n) is 6.73. The van der Waals surface area contributed by atoms with Crippen LogP contribution >= 0.6 is 11.6 Å². The molecule has 1 saturated heterocycles. The molecule has 1 fully saturated rings. The lowest BCUT2D eigenvalue weighted by molar-refractivity contribution is -0.0733. The monoisotopic (exact) mass is 363 g/mol. The number of rotatable bonds is 3. The Labute approximate surface area is 151 Å². The second kappa shape index (κ2) is 7.01. The molecule has 0 bridgehead atoms. The van der Waals surface area contributed by atoms with Gasteiger partial charge in [-0.05, 0) is 26.8 Å². The van der Waals surface area contributed by atoms with Crippen molar-refractivity contribution >= 4 is 17.6 Å². The van der Waals surface area contributed by atoms with E-state index in [2.05, 4.69) is 15.4 Å². The maximum Gasteiger partial charge on any atom is 0.317 e. The normalized spacial score (nSPS) is 16.7. The van der Waals surface area contributed by atoms with Crippen LogP contribution < -0.4 is 5.32 Å². The van der Waals surface area contributed by atoms with Crippen LogP contribution in [0.2, 0.25) is 5.02 Å². The van der Waals surface area contributed by atoms with Crippen LogP contribution in [-0.4, -0.2) is 51.0 Å². The number of aryl methyl sites for hydroxylation is 1. The van der Waals surface area contributed by atoms with Gasteiger partial charge in [0.25, 0.3) is 0 Å². The number of hydrogen-bond acceptors (Lipinski definition) is 4. The van der Waals surface area contributed by atoms with Crippen molar-refractivity contribution in [1.82, 2.24) is 25.0 Å². The molecule has 0 aliphatic carbocycles. The molecule has 7 nitrogen and oxygen atoms in total. The van der Waals surface area contributed by atoms with Crippen molar-refractivity contribution in [3.63, 3.8) is 0 Å². The molecule has 0 unspecified atom stereocenters. The quantitative estimate of drug-likeness (QED) is 0.909. The van der Waals surface area contributed by atoms with Gasteiger partial charge in [-0.2, -0.15) is 5.10 Å². The van der Waals surface area contributed by atoms with E-state index in [1.165, 1.54) is 0 Å². The fourth-order valence-corrected chi connectivity index (χ4v) is 2.93. The van der Waals surface area contributed by atoms with Gasteiger partial charge in [0, 0.05) is 24.3 Å². The minimum atomic E-state index is -0.321. The number of carbonyl (C=O) groups excluding carboxylic acids is 1. The zero-order valence-electron chi connectivity index (χ0n) is 14.6. The van der Waals surface area contributed by atoms with E-state index >= 15 is 0 Å². The number of halogens is 1. The lowest BCUT2D eigenvalue weighted by Gasteiger charge is -2.38.